The molecule has 0 aliphatic carbocycles. The molecule has 98 valence electrons. The maximum Gasteiger partial charge on any atom is 0.243 e. The SMILES string of the molecule is COc1cc(OC)c(SC)cc1C=C(C)[N+](=O)[O-]. The Kier molecular flexibility index (Phi) is 5.03. The molecule has 6 heteroatoms. The van der Waals surface area contributed by atoms with Gasteiger partial charge in [-0.1, -0.05) is 0 Å². The highest BCUT2D eigenvalue weighted by Crippen LogP contribution is 2.35. The molecule has 1 rings (SSSR count). The maximum absolute atomic E-state index is 10.6. The maximum atomic E-state index is 10.6. The normalized spacial score (nSPS) is 11.2. The Bertz CT molecular complexity index is 485. The van der Waals surface area contributed by atoms with E-state index in [0.717, 1.165) is 4.90 Å². The van der Waals surface area contributed by atoms with E-state index < -0.39 is 4.92 Å². The molecule has 0 heterocycles. The van der Waals surface area contributed by atoms with Crippen molar-refractivity contribution < 1.29 is 14.4 Å². The molecule has 0 N–H and O–H groups in total. The zero-order valence-corrected chi connectivity index (χ0v) is 11.5. The van der Waals surface area contributed by atoms with E-state index in [1.165, 1.54) is 31.9 Å². The van der Waals surface area contributed by atoms with Crippen LogP contribution >= 0.6 is 11.8 Å². The monoisotopic (exact) mass is 269 g/mol. The lowest BCUT2D eigenvalue weighted by atomic mass is 10.1. The van der Waals surface area contributed by atoms with Crippen molar-refractivity contribution in [1.29, 1.82) is 0 Å². The van der Waals surface area contributed by atoms with Crippen LogP contribution < -0.4 is 9.47 Å². The van der Waals surface area contributed by atoms with Crippen molar-refractivity contribution >= 4 is 17.8 Å². The minimum absolute atomic E-state index is 0.0607. The first kappa shape index (κ1) is 14.4. The molecule has 0 aliphatic heterocycles. The predicted octanol–water partition coefficient (Wildman–Crippen LogP) is 3.06. The highest BCUT2D eigenvalue weighted by molar-refractivity contribution is 7.98. The molecule has 18 heavy (non-hydrogen) atoms. The lowest BCUT2D eigenvalue weighted by Crippen LogP contribution is -1.96. The summed E-state index contributed by atoms with van der Waals surface area (Å²) in [6.45, 7) is 1.45. The third-order valence-electron chi connectivity index (χ3n) is 2.39. The molecule has 0 fully saturated rings. The molecule has 0 saturated heterocycles. The molecular weight excluding hydrogens is 254 g/mol. The molecule has 0 aromatic heterocycles. The zero-order valence-electron chi connectivity index (χ0n) is 10.7. The molecule has 0 aliphatic rings. The van der Waals surface area contributed by atoms with E-state index in [-0.39, 0.29) is 5.70 Å². The van der Waals surface area contributed by atoms with Gasteiger partial charge in [-0.15, -0.1) is 11.8 Å². The number of benzene rings is 1. The van der Waals surface area contributed by atoms with Crippen molar-refractivity contribution in [2.45, 2.75) is 11.8 Å². The second-order valence-electron chi connectivity index (χ2n) is 3.49. The van der Waals surface area contributed by atoms with Gasteiger partial charge < -0.3 is 9.47 Å². The van der Waals surface area contributed by atoms with Gasteiger partial charge in [0.1, 0.15) is 11.5 Å². The summed E-state index contributed by atoms with van der Waals surface area (Å²) in [6, 6.07) is 3.54. The molecule has 1 aromatic carbocycles. The first-order valence-corrected chi connectivity index (χ1v) is 6.38. The first-order valence-electron chi connectivity index (χ1n) is 5.16. The topological polar surface area (TPSA) is 61.6 Å². The summed E-state index contributed by atoms with van der Waals surface area (Å²) in [5, 5.41) is 10.6. The number of allylic oxidation sites excluding steroid dienone is 1. The minimum Gasteiger partial charge on any atom is -0.496 e. The summed E-state index contributed by atoms with van der Waals surface area (Å²) in [4.78, 5) is 11.1. The molecule has 0 bridgehead atoms. The second-order valence-corrected chi connectivity index (χ2v) is 4.34. The lowest BCUT2D eigenvalue weighted by molar-refractivity contribution is -0.422. The molecule has 0 atom stereocenters. The Labute approximate surface area is 110 Å². The largest absolute Gasteiger partial charge is 0.496 e. The van der Waals surface area contributed by atoms with Crippen LogP contribution in [0.25, 0.3) is 6.08 Å². The smallest absolute Gasteiger partial charge is 0.243 e. The fraction of sp³-hybridized carbons (Fsp3) is 0.333. The number of methoxy groups -OCH3 is 2. The van der Waals surface area contributed by atoms with E-state index in [1.54, 1.807) is 13.2 Å². The van der Waals surface area contributed by atoms with Gasteiger partial charge in [-0.05, 0) is 12.3 Å². The fourth-order valence-corrected chi connectivity index (χ4v) is 2.03. The average Bonchev–Trinajstić information content (AvgIpc) is 2.37. The van der Waals surface area contributed by atoms with Gasteiger partial charge in [0.2, 0.25) is 5.70 Å². The van der Waals surface area contributed by atoms with Crippen LogP contribution in [0.15, 0.2) is 22.7 Å². The van der Waals surface area contributed by atoms with E-state index in [1.807, 2.05) is 12.3 Å². The van der Waals surface area contributed by atoms with Gasteiger partial charge in [-0.2, -0.15) is 0 Å². The van der Waals surface area contributed by atoms with Crippen molar-refractivity contribution in [2.24, 2.45) is 0 Å². The second kappa shape index (κ2) is 6.30. The van der Waals surface area contributed by atoms with E-state index >= 15 is 0 Å². The number of hydrogen-bond donors (Lipinski definition) is 0. The summed E-state index contributed by atoms with van der Waals surface area (Å²) in [5.41, 5.74) is 0.724. The zero-order chi connectivity index (χ0) is 13.7. The summed E-state index contributed by atoms with van der Waals surface area (Å²) >= 11 is 1.51. The Hall–Kier alpha value is -1.69. The highest BCUT2D eigenvalue weighted by Gasteiger charge is 2.12. The molecule has 5 nitrogen and oxygen atoms in total. The standard InChI is InChI=1S/C12H15NO4S/c1-8(13(14)15)5-9-6-12(18-4)11(17-3)7-10(9)16-2/h5-7H,1-4H3. The minimum atomic E-state index is -0.428. The van der Waals surface area contributed by atoms with Crippen LogP contribution in [0, 0.1) is 10.1 Å². The predicted molar refractivity (Wildman–Crippen MR) is 72.0 cm³/mol. The molecule has 0 spiro atoms. The van der Waals surface area contributed by atoms with Gasteiger partial charge in [0.25, 0.3) is 0 Å². The van der Waals surface area contributed by atoms with Gasteiger partial charge in [-0.25, -0.2) is 0 Å². The molecule has 1 aromatic rings. The van der Waals surface area contributed by atoms with Gasteiger partial charge >= 0.3 is 0 Å². The van der Waals surface area contributed by atoms with E-state index in [0.29, 0.717) is 17.1 Å². The Morgan fingerprint density at radius 3 is 2.39 bits per heavy atom. The van der Waals surface area contributed by atoms with Crippen LogP contribution in [0.2, 0.25) is 0 Å². The van der Waals surface area contributed by atoms with Crippen molar-refractivity contribution in [3.63, 3.8) is 0 Å². The summed E-state index contributed by atoms with van der Waals surface area (Å²) in [5.74, 6) is 1.24. The van der Waals surface area contributed by atoms with Crippen LogP contribution in [0.4, 0.5) is 0 Å². The molecule has 0 unspecified atom stereocenters. The van der Waals surface area contributed by atoms with Crippen LogP contribution in [-0.4, -0.2) is 25.4 Å². The molecule has 0 radical (unpaired) electrons. The number of ether oxygens (including phenoxy) is 2. The third-order valence-corrected chi connectivity index (χ3v) is 3.15. The van der Waals surface area contributed by atoms with Crippen LogP contribution in [0.5, 0.6) is 11.5 Å². The number of hydrogen-bond acceptors (Lipinski definition) is 5. The summed E-state index contributed by atoms with van der Waals surface area (Å²) in [6.07, 6.45) is 3.40. The highest BCUT2D eigenvalue weighted by atomic mass is 32.2. The Morgan fingerprint density at radius 1 is 1.33 bits per heavy atom. The fourth-order valence-electron chi connectivity index (χ4n) is 1.44. The lowest BCUT2D eigenvalue weighted by Gasteiger charge is -2.11. The quantitative estimate of drug-likeness (QED) is 0.467. The van der Waals surface area contributed by atoms with Gasteiger partial charge in [0.05, 0.1) is 19.1 Å². The number of rotatable bonds is 5. The van der Waals surface area contributed by atoms with Crippen molar-refractivity contribution in [3.8, 4) is 11.5 Å². The van der Waals surface area contributed by atoms with Gasteiger partial charge in [-0.3, -0.25) is 10.1 Å². The first-order chi connectivity index (χ1) is 8.53. The third kappa shape index (κ3) is 3.16. The number of nitrogens with zero attached hydrogens (tertiary/aromatic N) is 1. The van der Waals surface area contributed by atoms with E-state index in [4.69, 9.17) is 9.47 Å². The summed E-state index contributed by atoms with van der Waals surface area (Å²) in [7, 11) is 3.10. The van der Waals surface area contributed by atoms with Crippen LogP contribution in [0.1, 0.15) is 12.5 Å². The summed E-state index contributed by atoms with van der Waals surface area (Å²) < 4.78 is 10.4. The van der Waals surface area contributed by atoms with Gasteiger partial charge in [0.15, 0.2) is 0 Å². The van der Waals surface area contributed by atoms with Crippen LogP contribution in [-0.2, 0) is 0 Å². The van der Waals surface area contributed by atoms with E-state index in [9.17, 15) is 10.1 Å². The molecular formula is C12H15NO4S. The van der Waals surface area contributed by atoms with Crippen molar-refractivity contribution in [1.82, 2.24) is 0 Å². The molecule has 0 amide bonds. The van der Waals surface area contributed by atoms with Crippen molar-refractivity contribution in [3.05, 3.63) is 33.5 Å². The van der Waals surface area contributed by atoms with Crippen LogP contribution in [0.3, 0.4) is 0 Å². The van der Waals surface area contributed by atoms with Gasteiger partial charge in [0, 0.05) is 29.5 Å². The number of nitro groups is 1. The van der Waals surface area contributed by atoms with E-state index in [2.05, 4.69) is 0 Å². The number of thioether (sulfide) groups is 1. The molecule has 0 saturated carbocycles. The Morgan fingerprint density at radius 2 is 1.94 bits per heavy atom. The Balaban J connectivity index is 3.34. The average molecular weight is 269 g/mol. The van der Waals surface area contributed by atoms with Crippen molar-refractivity contribution in [2.75, 3.05) is 20.5 Å².